The zero-order chi connectivity index (χ0) is 17.7. The summed E-state index contributed by atoms with van der Waals surface area (Å²) in [6.07, 6.45) is 0. The molecule has 1 aromatic heterocycles. The molecule has 1 aliphatic heterocycles. The molecule has 0 N–H and O–H groups in total. The Balaban J connectivity index is 1.88. The molecule has 23 heavy (non-hydrogen) atoms. The Morgan fingerprint density at radius 3 is 2.87 bits per heavy atom. The third-order valence-electron chi connectivity index (χ3n) is 4.51. The van der Waals surface area contributed by atoms with E-state index in [0.717, 1.165) is 5.69 Å². The quantitative estimate of drug-likeness (QED) is 0.562. The van der Waals surface area contributed by atoms with Crippen LogP contribution >= 0.6 is 15.9 Å². The third-order valence-corrected chi connectivity index (χ3v) is 9.59. The normalized spacial score (nSPS) is 18.0. The second kappa shape index (κ2) is 5.72. The molecule has 1 unspecified atom stereocenters. The highest BCUT2D eigenvalue weighted by molar-refractivity contribution is 9.09. The average molecular weight is 397 g/mol. The van der Waals surface area contributed by atoms with E-state index in [4.69, 9.17) is 10.5 Å². The predicted octanol–water partition coefficient (Wildman–Crippen LogP) is 4.58. The van der Waals surface area contributed by atoms with Gasteiger partial charge in [0.1, 0.15) is 11.4 Å². The molecule has 1 atom stereocenters. The Morgan fingerprint density at radius 2 is 2.17 bits per heavy atom. The van der Waals surface area contributed by atoms with Crippen molar-refractivity contribution < 1.29 is 10.5 Å². The highest BCUT2D eigenvalue weighted by Gasteiger charge is 2.37. The summed E-state index contributed by atoms with van der Waals surface area (Å²) < 4.78 is 21.5. The van der Waals surface area contributed by atoms with E-state index in [0.29, 0.717) is 30.0 Å². The van der Waals surface area contributed by atoms with Gasteiger partial charge in [-0.15, -0.1) is 5.10 Å². The van der Waals surface area contributed by atoms with Crippen LogP contribution in [0.5, 0.6) is 5.75 Å². The zero-order valence-corrected chi connectivity index (χ0v) is 16.6. The summed E-state index contributed by atoms with van der Waals surface area (Å²) in [4.78, 5) is 4.57. The molecule has 0 saturated heterocycles. The molecule has 0 radical (unpaired) electrons. The number of nitrogens with zero attached hydrogens (tertiary/aromatic N) is 3. The van der Waals surface area contributed by atoms with E-state index in [2.05, 4.69) is 59.9 Å². The summed E-state index contributed by atoms with van der Waals surface area (Å²) in [6.45, 7) is 11.4. The van der Waals surface area contributed by atoms with Crippen LogP contribution in [-0.2, 0) is 11.0 Å². The number of ether oxygens (including phenoxy) is 1. The van der Waals surface area contributed by atoms with Crippen molar-refractivity contribution in [3.63, 3.8) is 0 Å². The first kappa shape index (κ1) is 15.4. The molecule has 124 valence electrons. The van der Waals surface area contributed by atoms with E-state index in [1.165, 1.54) is 0 Å². The number of alkyl halides is 1. The summed E-state index contributed by atoms with van der Waals surface area (Å²) in [7, 11) is -1.85. The van der Waals surface area contributed by atoms with Gasteiger partial charge in [-0.05, 0) is 46.2 Å². The van der Waals surface area contributed by atoms with Gasteiger partial charge in [0.2, 0.25) is 5.01 Å². The Bertz CT molecular complexity index is 773. The standard InChI is InChI=1S/C16H22BrN3O2Si/c1-16(2,3)23(4,5)21-10-13-18-15-14(17)22-12-9-7-6-8-11(12)20(15)19-13/h6-9,14H,10H2,1-5H3/i7D. The fourth-order valence-electron chi connectivity index (χ4n) is 2.06. The molecule has 7 heteroatoms. The van der Waals surface area contributed by atoms with E-state index < -0.39 is 8.32 Å². The van der Waals surface area contributed by atoms with Gasteiger partial charge in [-0.3, -0.25) is 0 Å². The first-order valence-electron chi connectivity index (χ1n) is 8.10. The van der Waals surface area contributed by atoms with Crippen LogP contribution in [0.1, 0.15) is 38.8 Å². The maximum atomic E-state index is 7.73. The Hall–Kier alpha value is -1.18. The van der Waals surface area contributed by atoms with Crippen molar-refractivity contribution in [1.82, 2.24) is 14.8 Å². The van der Waals surface area contributed by atoms with Crippen molar-refractivity contribution in [2.75, 3.05) is 0 Å². The number of hydrogen-bond donors (Lipinski definition) is 0. The molecule has 0 aliphatic carbocycles. The maximum Gasteiger partial charge on any atom is 0.212 e. The van der Waals surface area contributed by atoms with Crippen LogP contribution in [0.3, 0.4) is 0 Å². The highest BCUT2D eigenvalue weighted by atomic mass is 79.9. The first-order chi connectivity index (χ1) is 11.1. The smallest absolute Gasteiger partial charge is 0.212 e. The monoisotopic (exact) mass is 396 g/mol. The third kappa shape index (κ3) is 3.09. The number of fused-ring (bicyclic) bond motifs is 3. The molecular weight excluding hydrogens is 374 g/mol. The van der Waals surface area contributed by atoms with Crippen molar-refractivity contribution in [2.45, 2.75) is 50.5 Å². The minimum absolute atomic E-state index is 0.143. The van der Waals surface area contributed by atoms with Gasteiger partial charge in [-0.1, -0.05) is 32.9 Å². The molecule has 2 aromatic rings. The summed E-state index contributed by atoms with van der Waals surface area (Å²) in [5.74, 6) is 1.96. The molecule has 0 saturated carbocycles. The predicted molar refractivity (Wildman–Crippen MR) is 95.6 cm³/mol. The second-order valence-electron chi connectivity index (χ2n) is 7.17. The molecule has 2 heterocycles. The molecule has 0 amide bonds. The molecule has 0 spiro atoms. The number of para-hydroxylation sites is 2. The van der Waals surface area contributed by atoms with E-state index in [1.807, 2.05) is 6.07 Å². The van der Waals surface area contributed by atoms with Crippen LogP contribution < -0.4 is 4.74 Å². The minimum Gasteiger partial charge on any atom is -0.469 e. The van der Waals surface area contributed by atoms with E-state index >= 15 is 0 Å². The van der Waals surface area contributed by atoms with E-state index in [1.54, 1.807) is 16.8 Å². The zero-order valence-electron chi connectivity index (χ0n) is 15.1. The van der Waals surface area contributed by atoms with Crippen molar-refractivity contribution in [3.8, 4) is 11.4 Å². The van der Waals surface area contributed by atoms with Crippen LogP contribution in [0.2, 0.25) is 18.1 Å². The number of halogens is 1. The van der Waals surface area contributed by atoms with Crippen LogP contribution in [0.15, 0.2) is 24.2 Å². The van der Waals surface area contributed by atoms with Gasteiger partial charge in [0.15, 0.2) is 20.0 Å². The Labute approximate surface area is 147 Å². The van der Waals surface area contributed by atoms with Crippen molar-refractivity contribution >= 4 is 24.2 Å². The van der Waals surface area contributed by atoms with Crippen molar-refractivity contribution in [3.05, 3.63) is 35.9 Å². The van der Waals surface area contributed by atoms with Crippen LogP contribution in [0, 0.1) is 0 Å². The maximum absolute atomic E-state index is 7.73. The summed E-state index contributed by atoms with van der Waals surface area (Å²) in [5.41, 5.74) is 0.794. The van der Waals surface area contributed by atoms with Crippen LogP contribution in [0.25, 0.3) is 5.69 Å². The van der Waals surface area contributed by atoms with Gasteiger partial charge < -0.3 is 9.16 Å². The number of aromatic nitrogens is 3. The summed E-state index contributed by atoms with van der Waals surface area (Å²) in [6, 6.07) is 5.62. The fraction of sp³-hybridized carbons (Fsp3) is 0.500. The van der Waals surface area contributed by atoms with Gasteiger partial charge in [0.25, 0.3) is 0 Å². The average Bonchev–Trinajstić information content (AvgIpc) is 2.89. The van der Waals surface area contributed by atoms with Crippen molar-refractivity contribution in [1.29, 1.82) is 0 Å². The second-order valence-corrected chi connectivity index (χ2v) is 12.8. The van der Waals surface area contributed by atoms with Gasteiger partial charge in [0, 0.05) is 0 Å². The van der Waals surface area contributed by atoms with E-state index in [9.17, 15) is 0 Å². The Morgan fingerprint density at radius 1 is 1.43 bits per heavy atom. The molecule has 1 aliphatic rings. The first-order valence-corrected chi connectivity index (χ1v) is 11.4. The molecule has 1 aromatic carbocycles. The van der Waals surface area contributed by atoms with Gasteiger partial charge in [-0.2, -0.15) is 0 Å². The SMILES string of the molecule is [2H]c1ccc2c(c1)OC(Br)c1nc(CO[Si](C)(C)C(C)(C)C)nn1-2. The lowest BCUT2D eigenvalue weighted by molar-refractivity contribution is 0.267. The number of benzene rings is 1. The number of hydrogen-bond acceptors (Lipinski definition) is 4. The highest BCUT2D eigenvalue weighted by Crippen LogP contribution is 2.38. The van der Waals surface area contributed by atoms with Gasteiger partial charge in [-0.25, -0.2) is 9.67 Å². The summed E-state index contributed by atoms with van der Waals surface area (Å²) >= 11 is 3.48. The minimum atomic E-state index is -1.85. The van der Waals surface area contributed by atoms with Gasteiger partial charge in [0.05, 0.1) is 7.98 Å². The van der Waals surface area contributed by atoms with Crippen LogP contribution in [-0.4, -0.2) is 23.1 Å². The lowest BCUT2D eigenvalue weighted by Crippen LogP contribution is -2.40. The largest absolute Gasteiger partial charge is 0.469 e. The molecule has 0 bridgehead atoms. The van der Waals surface area contributed by atoms with Crippen molar-refractivity contribution in [2.24, 2.45) is 0 Å². The molecular formula is C16H22BrN3O2Si. The molecule has 5 nitrogen and oxygen atoms in total. The molecule has 3 rings (SSSR count). The lowest BCUT2D eigenvalue weighted by Gasteiger charge is -2.35. The number of rotatable bonds is 3. The van der Waals surface area contributed by atoms with E-state index in [-0.39, 0.29) is 10.1 Å². The molecule has 0 fully saturated rings. The fourth-order valence-corrected chi connectivity index (χ4v) is 3.48. The topological polar surface area (TPSA) is 49.2 Å². The lowest BCUT2D eigenvalue weighted by atomic mass is 10.2. The Kier molecular flexibility index (Phi) is 3.82. The van der Waals surface area contributed by atoms with Crippen LogP contribution in [0.4, 0.5) is 0 Å². The van der Waals surface area contributed by atoms with Gasteiger partial charge >= 0.3 is 0 Å². The summed E-state index contributed by atoms with van der Waals surface area (Å²) in [5, 5.41) is 4.34.